The summed E-state index contributed by atoms with van der Waals surface area (Å²) >= 11 is 1.87. The fourth-order valence-electron chi connectivity index (χ4n) is 7.96. The van der Waals surface area contributed by atoms with Gasteiger partial charge in [0.15, 0.2) is 0 Å². The Balaban J connectivity index is 1.08. The highest BCUT2D eigenvalue weighted by atomic mass is 32.1. The third-order valence-electron chi connectivity index (χ3n) is 10.3. The first-order valence-corrected chi connectivity index (χ1v) is 17.8. The van der Waals surface area contributed by atoms with Crippen LogP contribution in [-0.2, 0) is 0 Å². The fraction of sp³-hybridized carbons (Fsp3) is 0.136. The average molecular weight is 637 g/mol. The predicted octanol–water partition coefficient (Wildman–Crippen LogP) is 12.9. The Labute approximate surface area is 282 Å². The molecule has 0 saturated heterocycles. The highest BCUT2D eigenvalue weighted by Gasteiger charge is 2.24. The maximum atomic E-state index is 6.56. The van der Waals surface area contributed by atoms with E-state index in [0.717, 1.165) is 33.3 Å². The maximum Gasteiger partial charge on any atom is 0.246 e. The molecule has 3 aromatic heterocycles. The molecule has 0 N–H and O–H groups in total. The number of hydrogen-bond acceptors (Lipinski definition) is 4. The molecule has 0 aliphatic heterocycles. The van der Waals surface area contributed by atoms with Crippen LogP contribution < -0.4 is 0 Å². The van der Waals surface area contributed by atoms with Gasteiger partial charge in [-0.15, -0.1) is 11.3 Å². The summed E-state index contributed by atoms with van der Waals surface area (Å²) in [6.45, 7) is 0. The molecule has 0 radical (unpaired) electrons. The highest BCUT2D eigenvalue weighted by Crippen LogP contribution is 2.44. The van der Waals surface area contributed by atoms with Crippen molar-refractivity contribution in [3.05, 3.63) is 133 Å². The second kappa shape index (κ2) is 11.1. The molecule has 10 rings (SSSR count). The van der Waals surface area contributed by atoms with Crippen LogP contribution in [0.3, 0.4) is 0 Å². The van der Waals surface area contributed by atoms with E-state index >= 15 is 0 Å². The largest absolute Gasteiger partial charge is 0.436 e. The number of nitrogens with zero attached hydrogens (tertiary/aromatic N) is 2. The van der Waals surface area contributed by atoms with Crippen molar-refractivity contribution in [1.29, 1.82) is 0 Å². The van der Waals surface area contributed by atoms with Crippen LogP contribution in [0.25, 0.3) is 86.7 Å². The number of furan rings is 1. The van der Waals surface area contributed by atoms with Crippen molar-refractivity contribution in [1.82, 2.24) is 9.97 Å². The first-order chi connectivity index (χ1) is 23.8. The zero-order valence-electron chi connectivity index (χ0n) is 26.4. The first-order valence-electron chi connectivity index (χ1n) is 17.0. The number of hydrogen-bond donors (Lipinski definition) is 0. The van der Waals surface area contributed by atoms with Gasteiger partial charge in [0.2, 0.25) is 5.71 Å². The quantitative estimate of drug-likeness (QED) is 0.193. The van der Waals surface area contributed by atoms with Gasteiger partial charge in [-0.2, -0.15) is 0 Å². The van der Waals surface area contributed by atoms with Crippen molar-refractivity contribution >= 4 is 64.5 Å². The average Bonchev–Trinajstić information content (AvgIpc) is 3.74. The summed E-state index contributed by atoms with van der Waals surface area (Å²) in [7, 11) is 0. The maximum absolute atomic E-state index is 6.56. The van der Waals surface area contributed by atoms with Crippen molar-refractivity contribution in [3.8, 4) is 33.5 Å². The van der Waals surface area contributed by atoms with E-state index in [9.17, 15) is 0 Å². The van der Waals surface area contributed by atoms with E-state index in [0.29, 0.717) is 11.6 Å². The smallest absolute Gasteiger partial charge is 0.246 e. The molecule has 4 heteroatoms. The lowest BCUT2D eigenvalue weighted by atomic mass is 9.82. The summed E-state index contributed by atoms with van der Waals surface area (Å²) < 4.78 is 9.22. The van der Waals surface area contributed by atoms with E-state index in [1.54, 1.807) is 0 Å². The van der Waals surface area contributed by atoms with Crippen LogP contribution in [0.15, 0.2) is 132 Å². The number of fused-ring (bicyclic) bond motifs is 8. The van der Waals surface area contributed by atoms with Crippen LogP contribution in [0.5, 0.6) is 0 Å². The summed E-state index contributed by atoms with van der Waals surface area (Å²) in [4.78, 5) is 10.1. The minimum atomic E-state index is 0.518. The van der Waals surface area contributed by atoms with E-state index in [4.69, 9.17) is 14.4 Å². The van der Waals surface area contributed by atoms with Crippen LogP contribution in [0.4, 0.5) is 0 Å². The lowest BCUT2D eigenvalue weighted by Crippen LogP contribution is -2.04. The number of benzene rings is 6. The molecule has 230 valence electrons. The van der Waals surface area contributed by atoms with E-state index in [2.05, 4.69) is 121 Å². The molecule has 0 unspecified atom stereocenters. The van der Waals surface area contributed by atoms with Gasteiger partial charge in [0.1, 0.15) is 11.1 Å². The molecular weight excluding hydrogens is 605 g/mol. The van der Waals surface area contributed by atoms with E-state index < -0.39 is 0 Å². The Kier molecular flexibility index (Phi) is 6.44. The third kappa shape index (κ3) is 4.47. The van der Waals surface area contributed by atoms with Crippen molar-refractivity contribution in [2.45, 2.75) is 38.0 Å². The van der Waals surface area contributed by atoms with Gasteiger partial charge in [0.25, 0.3) is 0 Å². The van der Waals surface area contributed by atoms with Gasteiger partial charge in [-0.1, -0.05) is 116 Å². The van der Waals surface area contributed by atoms with E-state index in [1.165, 1.54) is 85.3 Å². The van der Waals surface area contributed by atoms with Crippen LogP contribution in [0.2, 0.25) is 0 Å². The van der Waals surface area contributed by atoms with E-state index in [-0.39, 0.29) is 0 Å². The Bertz CT molecular complexity index is 2680. The van der Waals surface area contributed by atoms with Crippen molar-refractivity contribution < 1.29 is 4.42 Å². The molecule has 1 aliphatic rings. The van der Waals surface area contributed by atoms with E-state index in [1.807, 2.05) is 17.5 Å². The van der Waals surface area contributed by atoms with Crippen molar-refractivity contribution in [2.75, 3.05) is 0 Å². The highest BCUT2D eigenvalue weighted by molar-refractivity contribution is 7.26. The van der Waals surface area contributed by atoms with Crippen LogP contribution in [-0.4, -0.2) is 9.97 Å². The summed E-state index contributed by atoms with van der Waals surface area (Å²) in [5.74, 6) is 0.518. The monoisotopic (exact) mass is 636 g/mol. The van der Waals surface area contributed by atoms with Crippen LogP contribution in [0, 0.1) is 0 Å². The summed E-state index contributed by atoms with van der Waals surface area (Å²) in [6, 6.07) is 44.0. The minimum absolute atomic E-state index is 0.518. The normalized spacial score (nSPS) is 14.2. The molecule has 6 aromatic carbocycles. The summed E-state index contributed by atoms with van der Waals surface area (Å²) in [6.07, 6.45) is 8.17. The molecule has 48 heavy (non-hydrogen) atoms. The standard InChI is InChI=1S/C44H32N2OS/c1-2-11-27(12-3-1)37-25-31-13-4-5-18-33(31)40-41-44(47-42(37)40)45-26-38(46-41)32-17-9-15-29(24-32)28-14-8-16-30(23-28)34-20-10-21-36-35-19-6-7-22-39(35)48-43(34)36/h4-10,13-27H,1-3,11-12H2. The SMILES string of the molecule is c1cc(-c2cccc(-c3cccc4c3sc3ccccc34)c2)cc(-c2cnc3oc4c(C5CCCCC5)cc5ccccc5c4c3n2)c1. The number of aromatic nitrogens is 2. The van der Waals surface area contributed by atoms with Gasteiger partial charge in [0, 0.05) is 25.7 Å². The van der Waals surface area contributed by atoms with Crippen molar-refractivity contribution in [3.63, 3.8) is 0 Å². The lowest BCUT2D eigenvalue weighted by Gasteiger charge is -2.22. The van der Waals surface area contributed by atoms with Crippen LogP contribution >= 0.6 is 11.3 Å². The van der Waals surface area contributed by atoms with Gasteiger partial charge in [0.05, 0.1) is 17.3 Å². The van der Waals surface area contributed by atoms with Gasteiger partial charge in [-0.3, -0.25) is 0 Å². The number of rotatable bonds is 4. The van der Waals surface area contributed by atoms with Gasteiger partial charge < -0.3 is 4.42 Å². The Morgan fingerprint density at radius 3 is 2.21 bits per heavy atom. The minimum Gasteiger partial charge on any atom is -0.436 e. The zero-order chi connectivity index (χ0) is 31.6. The summed E-state index contributed by atoms with van der Waals surface area (Å²) in [5, 5.41) is 6.16. The molecule has 0 amide bonds. The second-order valence-corrected chi connectivity index (χ2v) is 14.2. The molecule has 0 bridgehead atoms. The zero-order valence-corrected chi connectivity index (χ0v) is 27.3. The fourth-order valence-corrected chi connectivity index (χ4v) is 9.20. The first kappa shape index (κ1) is 27.8. The molecule has 1 aliphatic carbocycles. The Morgan fingerprint density at radius 1 is 0.625 bits per heavy atom. The van der Waals surface area contributed by atoms with Gasteiger partial charge >= 0.3 is 0 Å². The van der Waals surface area contributed by atoms with Crippen LogP contribution in [0.1, 0.15) is 43.6 Å². The molecule has 3 nitrogen and oxygen atoms in total. The number of thiophene rings is 1. The predicted molar refractivity (Wildman–Crippen MR) is 202 cm³/mol. The molecular formula is C44H32N2OS. The Morgan fingerprint density at radius 2 is 1.33 bits per heavy atom. The molecule has 9 aromatic rings. The van der Waals surface area contributed by atoms with Gasteiger partial charge in [-0.05, 0) is 81.6 Å². The van der Waals surface area contributed by atoms with Gasteiger partial charge in [-0.25, -0.2) is 9.97 Å². The Hall–Kier alpha value is -5.32. The lowest BCUT2D eigenvalue weighted by molar-refractivity contribution is 0.442. The second-order valence-electron chi connectivity index (χ2n) is 13.2. The molecule has 0 atom stereocenters. The molecule has 1 saturated carbocycles. The third-order valence-corrected chi connectivity index (χ3v) is 11.5. The van der Waals surface area contributed by atoms with Crippen molar-refractivity contribution in [2.24, 2.45) is 0 Å². The molecule has 3 heterocycles. The molecule has 1 fully saturated rings. The topological polar surface area (TPSA) is 38.9 Å². The molecule has 0 spiro atoms. The summed E-state index contributed by atoms with van der Waals surface area (Å²) in [5.41, 5.74) is 10.5.